The summed E-state index contributed by atoms with van der Waals surface area (Å²) in [7, 11) is 0. The lowest BCUT2D eigenvalue weighted by molar-refractivity contribution is -0.142. The largest absolute Gasteiger partial charge is 0.502 e. The van der Waals surface area contributed by atoms with Gasteiger partial charge in [-0.2, -0.15) is 0 Å². The number of esters is 1. The van der Waals surface area contributed by atoms with Gasteiger partial charge in [0.2, 0.25) is 0 Å². The number of hydrogen-bond donors (Lipinski definition) is 1. The molecule has 2 aromatic carbocycles. The van der Waals surface area contributed by atoms with E-state index < -0.39 is 11.7 Å². The number of allylic oxidation sites excluding steroid dienone is 3. The van der Waals surface area contributed by atoms with Crippen molar-refractivity contribution in [1.82, 2.24) is 0 Å². The van der Waals surface area contributed by atoms with Crippen LogP contribution in [0.15, 0.2) is 78.6 Å². The van der Waals surface area contributed by atoms with E-state index in [-0.39, 0.29) is 12.4 Å². The van der Waals surface area contributed by atoms with Crippen molar-refractivity contribution in [2.24, 2.45) is 0 Å². The Morgan fingerprint density at radius 2 is 1.52 bits per heavy atom. The third kappa shape index (κ3) is 8.30. The molecule has 0 aliphatic rings. The Kier molecular flexibility index (Phi) is 8.96. The van der Waals surface area contributed by atoms with Crippen molar-refractivity contribution in [3.63, 3.8) is 0 Å². The summed E-state index contributed by atoms with van der Waals surface area (Å²) < 4.78 is 10.4. The number of rotatable bonds is 10. The van der Waals surface area contributed by atoms with Gasteiger partial charge >= 0.3 is 5.97 Å². The van der Waals surface area contributed by atoms with Crippen LogP contribution in [0.2, 0.25) is 0 Å². The minimum atomic E-state index is -0.739. The van der Waals surface area contributed by atoms with Crippen molar-refractivity contribution in [2.75, 3.05) is 13.2 Å². The van der Waals surface area contributed by atoms with E-state index in [1.165, 1.54) is 18.2 Å². The van der Waals surface area contributed by atoms with Crippen molar-refractivity contribution < 1.29 is 24.2 Å². The van der Waals surface area contributed by atoms with Crippen LogP contribution in [0.25, 0.3) is 12.2 Å². The second kappa shape index (κ2) is 12.0. The molecule has 29 heavy (non-hydrogen) atoms. The van der Waals surface area contributed by atoms with Gasteiger partial charge in [-0.25, -0.2) is 4.79 Å². The van der Waals surface area contributed by atoms with Crippen LogP contribution in [0.3, 0.4) is 0 Å². The van der Waals surface area contributed by atoms with Crippen LogP contribution in [0.1, 0.15) is 24.5 Å². The highest BCUT2D eigenvalue weighted by molar-refractivity contribution is 6.04. The molecule has 0 bridgehead atoms. The molecule has 0 amide bonds. The summed E-state index contributed by atoms with van der Waals surface area (Å²) in [5.74, 6) is -0.548. The molecule has 0 fully saturated rings. The topological polar surface area (TPSA) is 72.8 Å². The fraction of sp³-hybridized carbons (Fsp3) is 0.167. The first-order valence-electron chi connectivity index (χ1n) is 9.29. The predicted octanol–water partition coefficient (Wildman–Crippen LogP) is 4.76. The van der Waals surface area contributed by atoms with E-state index in [4.69, 9.17) is 9.47 Å². The summed E-state index contributed by atoms with van der Waals surface area (Å²) >= 11 is 0. The molecule has 2 rings (SSSR count). The molecule has 0 atom stereocenters. The fourth-order valence-electron chi connectivity index (χ4n) is 2.26. The second-order valence-corrected chi connectivity index (χ2v) is 6.06. The van der Waals surface area contributed by atoms with E-state index >= 15 is 0 Å². The molecule has 0 aliphatic heterocycles. The van der Waals surface area contributed by atoms with E-state index in [1.807, 2.05) is 54.6 Å². The maximum atomic E-state index is 11.9. The number of hydrogen-bond acceptors (Lipinski definition) is 5. The molecule has 150 valence electrons. The van der Waals surface area contributed by atoms with Gasteiger partial charge in [-0.3, -0.25) is 4.79 Å². The Balaban J connectivity index is 1.72. The maximum Gasteiger partial charge on any atom is 0.373 e. The van der Waals surface area contributed by atoms with Crippen molar-refractivity contribution in [1.29, 1.82) is 0 Å². The van der Waals surface area contributed by atoms with Gasteiger partial charge < -0.3 is 14.6 Å². The van der Waals surface area contributed by atoms with Crippen molar-refractivity contribution in [3.05, 3.63) is 89.7 Å². The Labute approximate surface area is 170 Å². The standard InChI is InChI=1S/C24H24O5/c1-2-23(26)24(27)29-18-6-17-28-22-15-11-20(12-16-22)10-14-21(25)13-9-19-7-4-3-5-8-19/h2-5,7-16,26H,6,17-18H2,1H3. The molecular formula is C24H24O5. The smallest absolute Gasteiger partial charge is 0.373 e. The molecular weight excluding hydrogens is 368 g/mol. The second-order valence-electron chi connectivity index (χ2n) is 6.06. The van der Waals surface area contributed by atoms with Crippen LogP contribution in [-0.2, 0) is 14.3 Å². The zero-order valence-electron chi connectivity index (χ0n) is 16.3. The SMILES string of the molecule is CC=C(O)C(=O)OCCCOc1ccc(C=CC(=O)C=Cc2ccccc2)cc1. The first-order chi connectivity index (χ1) is 14.1. The highest BCUT2D eigenvalue weighted by atomic mass is 16.5. The molecule has 0 unspecified atom stereocenters. The number of ether oxygens (including phenoxy) is 2. The molecule has 0 aliphatic carbocycles. The Morgan fingerprint density at radius 3 is 2.14 bits per heavy atom. The third-order valence-corrected chi connectivity index (χ3v) is 3.83. The predicted molar refractivity (Wildman–Crippen MR) is 113 cm³/mol. The zero-order valence-corrected chi connectivity index (χ0v) is 16.3. The quantitative estimate of drug-likeness (QED) is 0.273. The van der Waals surface area contributed by atoms with Crippen molar-refractivity contribution in [2.45, 2.75) is 13.3 Å². The van der Waals surface area contributed by atoms with Crippen LogP contribution in [0, 0.1) is 0 Å². The number of aliphatic hydroxyl groups is 1. The van der Waals surface area contributed by atoms with Crippen LogP contribution in [0.4, 0.5) is 0 Å². The Hall–Kier alpha value is -3.60. The zero-order chi connectivity index (χ0) is 20.9. The molecule has 0 spiro atoms. The minimum Gasteiger partial charge on any atom is -0.502 e. The third-order valence-electron chi connectivity index (χ3n) is 3.83. The summed E-state index contributed by atoms with van der Waals surface area (Å²) in [6.07, 6.45) is 8.36. The summed E-state index contributed by atoms with van der Waals surface area (Å²) in [5, 5.41) is 9.17. The van der Waals surface area contributed by atoms with Crippen LogP contribution < -0.4 is 4.74 Å². The maximum absolute atomic E-state index is 11.9. The van der Waals surface area contributed by atoms with Crippen molar-refractivity contribution in [3.8, 4) is 5.75 Å². The lowest BCUT2D eigenvalue weighted by Crippen LogP contribution is -2.10. The minimum absolute atomic E-state index is 0.0901. The molecule has 0 aromatic heterocycles. The van der Waals surface area contributed by atoms with Gasteiger partial charge in [0, 0.05) is 6.42 Å². The molecule has 0 saturated heterocycles. The molecule has 5 nitrogen and oxygen atoms in total. The number of ketones is 1. The highest BCUT2D eigenvalue weighted by Crippen LogP contribution is 2.13. The number of carbonyl (C=O) groups excluding carboxylic acids is 2. The molecule has 5 heteroatoms. The Bertz CT molecular complexity index is 877. The van der Waals surface area contributed by atoms with Crippen molar-refractivity contribution >= 4 is 23.9 Å². The van der Waals surface area contributed by atoms with E-state index in [1.54, 1.807) is 19.1 Å². The van der Waals surface area contributed by atoms with Crippen LogP contribution in [0.5, 0.6) is 5.75 Å². The average Bonchev–Trinajstić information content (AvgIpc) is 2.76. The number of carbonyl (C=O) groups is 2. The first kappa shape index (κ1) is 21.7. The normalized spacial score (nSPS) is 11.7. The van der Waals surface area contributed by atoms with E-state index in [2.05, 4.69) is 0 Å². The number of aliphatic hydroxyl groups excluding tert-OH is 1. The summed E-state index contributed by atoms with van der Waals surface area (Å²) in [5.41, 5.74) is 1.86. The molecule has 2 aromatic rings. The average molecular weight is 392 g/mol. The van der Waals surface area contributed by atoms with Gasteiger partial charge in [0.05, 0.1) is 13.2 Å². The van der Waals surface area contributed by atoms with Gasteiger partial charge in [-0.05, 0) is 48.4 Å². The lowest BCUT2D eigenvalue weighted by Gasteiger charge is -2.07. The molecule has 0 heterocycles. The molecule has 1 N–H and O–H groups in total. The fourth-order valence-corrected chi connectivity index (χ4v) is 2.26. The van der Waals surface area contributed by atoms with E-state index in [0.29, 0.717) is 18.8 Å². The number of benzene rings is 2. The highest BCUT2D eigenvalue weighted by Gasteiger charge is 2.06. The Morgan fingerprint density at radius 1 is 0.897 bits per heavy atom. The monoisotopic (exact) mass is 392 g/mol. The van der Waals surface area contributed by atoms with E-state index in [0.717, 1.165) is 11.1 Å². The van der Waals surface area contributed by atoms with Crippen LogP contribution in [-0.4, -0.2) is 30.1 Å². The molecule has 0 radical (unpaired) electrons. The lowest BCUT2D eigenvalue weighted by atomic mass is 10.1. The first-order valence-corrected chi connectivity index (χ1v) is 9.29. The van der Waals surface area contributed by atoms with Crippen LogP contribution >= 0.6 is 0 Å². The van der Waals surface area contributed by atoms with Gasteiger partial charge in [0.25, 0.3) is 0 Å². The molecule has 0 saturated carbocycles. The summed E-state index contributed by atoms with van der Waals surface area (Å²) in [4.78, 5) is 23.2. The van der Waals surface area contributed by atoms with E-state index in [9.17, 15) is 14.7 Å². The summed E-state index contributed by atoms with van der Waals surface area (Å²) in [6.45, 7) is 2.09. The van der Waals surface area contributed by atoms with Gasteiger partial charge in [-0.1, -0.05) is 54.6 Å². The summed E-state index contributed by atoms with van der Waals surface area (Å²) in [6, 6.07) is 17.0. The van der Waals surface area contributed by atoms with Gasteiger partial charge in [-0.15, -0.1) is 0 Å². The van der Waals surface area contributed by atoms with Gasteiger partial charge in [0.1, 0.15) is 5.75 Å². The van der Waals surface area contributed by atoms with Gasteiger partial charge in [0.15, 0.2) is 11.5 Å².